The third-order valence-electron chi connectivity index (χ3n) is 7.09. The van der Waals surface area contributed by atoms with Crippen molar-refractivity contribution >= 4 is 5.91 Å². The minimum atomic E-state index is -0.972. The van der Waals surface area contributed by atoms with Crippen LogP contribution in [-0.4, -0.2) is 130 Å². The fourth-order valence-corrected chi connectivity index (χ4v) is 4.62. The van der Waals surface area contributed by atoms with E-state index in [1.54, 1.807) is 19.1 Å². The van der Waals surface area contributed by atoms with E-state index in [1.165, 1.54) is 0 Å². The average molecular weight is 650 g/mol. The maximum absolute atomic E-state index is 13.6. The first-order chi connectivity index (χ1) is 22.6. The molecule has 0 atom stereocenters. The molecule has 0 unspecified atom stereocenters. The minimum absolute atomic E-state index is 0.119. The fraction of sp³-hybridized carbons (Fsp3) is 0.618. The lowest BCUT2D eigenvalue weighted by Crippen LogP contribution is -2.48. The largest absolute Gasteiger partial charge is 0.487 e. The molecule has 0 spiro atoms. The summed E-state index contributed by atoms with van der Waals surface area (Å²) in [5.74, 6) is 2.12. The molecule has 2 aromatic rings. The highest BCUT2D eigenvalue weighted by atomic mass is 16.6. The lowest BCUT2D eigenvalue weighted by atomic mass is 9.99. The molecular formula is C34H51NO11. The van der Waals surface area contributed by atoms with Crippen molar-refractivity contribution in [2.45, 2.75) is 25.4 Å². The standard InChI is InChI=1S/C34H51NO11/c1-4-13-34(46-26-33(36)35(14-16-39-20-18-37-2)15-17-40-21-19-38-3)27-44-31-11-7-5-9-29(31)42-24-22-41-23-25-43-30-10-6-8-12-32(30)45-28-34/h5-12H,4,13-28H2,1-3H3. The molecular weight excluding hydrogens is 598 g/mol. The smallest absolute Gasteiger partial charge is 0.248 e. The molecule has 1 amide bonds. The number of carbonyl (C=O) groups is 1. The van der Waals surface area contributed by atoms with Crippen LogP contribution in [0.2, 0.25) is 0 Å². The zero-order valence-electron chi connectivity index (χ0n) is 27.6. The first kappa shape index (κ1) is 37.3. The Morgan fingerprint density at radius 2 is 1.17 bits per heavy atom. The molecule has 46 heavy (non-hydrogen) atoms. The van der Waals surface area contributed by atoms with Gasteiger partial charge in [0.2, 0.25) is 5.91 Å². The summed E-state index contributed by atoms with van der Waals surface area (Å²) in [5, 5.41) is 0. The van der Waals surface area contributed by atoms with Crippen LogP contribution in [0.5, 0.6) is 23.0 Å². The third-order valence-corrected chi connectivity index (χ3v) is 7.09. The topological polar surface area (TPSA) is 113 Å². The SMILES string of the molecule is CCCC1(OCC(=O)N(CCOCCOC)CCOCCOC)COc2ccccc2OCCOCCOc2ccccc2OC1. The molecule has 0 bridgehead atoms. The van der Waals surface area contributed by atoms with Crippen molar-refractivity contribution in [2.24, 2.45) is 0 Å². The molecule has 0 saturated carbocycles. The quantitative estimate of drug-likeness (QED) is 0.234. The summed E-state index contributed by atoms with van der Waals surface area (Å²) >= 11 is 0. The van der Waals surface area contributed by atoms with E-state index in [2.05, 4.69) is 6.92 Å². The number of fused-ring (bicyclic) bond motifs is 2. The van der Waals surface area contributed by atoms with Gasteiger partial charge in [0.1, 0.15) is 38.6 Å². The Kier molecular flexibility index (Phi) is 18.2. The van der Waals surface area contributed by atoms with Crippen molar-refractivity contribution in [3.63, 3.8) is 0 Å². The summed E-state index contributed by atoms with van der Waals surface area (Å²) in [7, 11) is 3.24. The Bertz CT molecular complexity index is 1030. The van der Waals surface area contributed by atoms with Gasteiger partial charge in [-0.05, 0) is 30.7 Å². The highest BCUT2D eigenvalue weighted by Gasteiger charge is 2.35. The van der Waals surface area contributed by atoms with Gasteiger partial charge in [0.05, 0.1) is 52.9 Å². The molecule has 1 aliphatic rings. The molecule has 1 aliphatic heterocycles. The van der Waals surface area contributed by atoms with Crippen LogP contribution >= 0.6 is 0 Å². The normalized spacial score (nSPS) is 15.3. The molecule has 0 aromatic heterocycles. The van der Waals surface area contributed by atoms with E-state index in [4.69, 9.17) is 47.4 Å². The van der Waals surface area contributed by atoms with Gasteiger partial charge in [0.25, 0.3) is 0 Å². The first-order valence-corrected chi connectivity index (χ1v) is 15.9. The van der Waals surface area contributed by atoms with Crippen molar-refractivity contribution in [3.8, 4) is 23.0 Å². The lowest BCUT2D eigenvalue weighted by molar-refractivity contribution is -0.152. The minimum Gasteiger partial charge on any atom is -0.487 e. The molecule has 1 heterocycles. The molecule has 0 radical (unpaired) electrons. The summed E-state index contributed by atoms with van der Waals surface area (Å²) in [4.78, 5) is 15.3. The summed E-state index contributed by atoms with van der Waals surface area (Å²) in [6, 6.07) is 14.9. The number of methoxy groups -OCH3 is 2. The predicted molar refractivity (Wildman–Crippen MR) is 171 cm³/mol. The first-order valence-electron chi connectivity index (χ1n) is 15.9. The zero-order chi connectivity index (χ0) is 32.7. The van der Waals surface area contributed by atoms with E-state index in [0.717, 1.165) is 6.42 Å². The second-order valence-electron chi connectivity index (χ2n) is 10.6. The van der Waals surface area contributed by atoms with Gasteiger partial charge in [-0.2, -0.15) is 0 Å². The van der Waals surface area contributed by atoms with Crippen LogP contribution in [0.3, 0.4) is 0 Å². The van der Waals surface area contributed by atoms with Gasteiger partial charge in [-0.25, -0.2) is 0 Å². The molecule has 2 aromatic carbocycles. The molecule has 3 rings (SSSR count). The Morgan fingerprint density at radius 3 is 1.63 bits per heavy atom. The second kappa shape index (κ2) is 22.4. The highest BCUT2D eigenvalue weighted by Crippen LogP contribution is 2.32. The number of carbonyl (C=O) groups excluding carboxylic acids is 1. The number of para-hydroxylation sites is 4. The number of hydrogen-bond acceptors (Lipinski definition) is 11. The van der Waals surface area contributed by atoms with Gasteiger partial charge in [-0.1, -0.05) is 37.6 Å². The van der Waals surface area contributed by atoms with Gasteiger partial charge in [-0.15, -0.1) is 0 Å². The van der Waals surface area contributed by atoms with Crippen molar-refractivity contribution in [1.29, 1.82) is 0 Å². The molecule has 0 N–H and O–H groups in total. The van der Waals surface area contributed by atoms with E-state index >= 15 is 0 Å². The number of rotatable bonds is 17. The van der Waals surface area contributed by atoms with Crippen molar-refractivity contribution in [1.82, 2.24) is 4.90 Å². The Hall–Kier alpha value is -3.13. The van der Waals surface area contributed by atoms with Crippen LogP contribution in [-0.2, 0) is 33.2 Å². The van der Waals surface area contributed by atoms with Gasteiger partial charge in [-0.3, -0.25) is 4.79 Å². The monoisotopic (exact) mass is 649 g/mol. The molecule has 0 saturated heterocycles. The average Bonchev–Trinajstić information content (AvgIpc) is 3.07. The molecule has 0 fully saturated rings. The van der Waals surface area contributed by atoms with E-state index in [1.807, 2.05) is 48.5 Å². The molecule has 12 nitrogen and oxygen atoms in total. The van der Waals surface area contributed by atoms with Crippen LogP contribution in [0.25, 0.3) is 0 Å². The molecule has 0 aliphatic carbocycles. The van der Waals surface area contributed by atoms with Crippen LogP contribution in [0.15, 0.2) is 48.5 Å². The Balaban J connectivity index is 1.79. The van der Waals surface area contributed by atoms with E-state index in [-0.39, 0.29) is 25.7 Å². The zero-order valence-corrected chi connectivity index (χ0v) is 27.6. The maximum Gasteiger partial charge on any atom is 0.248 e. The van der Waals surface area contributed by atoms with Crippen molar-refractivity contribution in [2.75, 3.05) is 113 Å². The highest BCUT2D eigenvalue weighted by molar-refractivity contribution is 5.77. The molecule has 258 valence electrons. The van der Waals surface area contributed by atoms with Crippen LogP contribution in [0.4, 0.5) is 0 Å². The fourth-order valence-electron chi connectivity index (χ4n) is 4.62. The van der Waals surface area contributed by atoms with Gasteiger partial charge < -0.3 is 52.3 Å². The van der Waals surface area contributed by atoms with Crippen LogP contribution in [0.1, 0.15) is 19.8 Å². The maximum atomic E-state index is 13.6. The predicted octanol–water partition coefficient (Wildman–Crippen LogP) is 3.64. The Morgan fingerprint density at radius 1 is 0.696 bits per heavy atom. The summed E-state index contributed by atoms with van der Waals surface area (Å²) < 4.78 is 58.2. The van der Waals surface area contributed by atoms with E-state index in [9.17, 15) is 4.79 Å². The van der Waals surface area contributed by atoms with Crippen molar-refractivity contribution < 1.29 is 52.2 Å². The van der Waals surface area contributed by atoms with Gasteiger partial charge >= 0.3 is 0 Å². The number of ether oxygens (including phenoxy) is 10. The van der Waals surface area contributed by atoms with Gasteiger partial charge in [0, 0.05) is 27.3 Å². The Labute approximate surface area is 273 Å². The van der Waals surface area contributed by atoms with Crippen LogP contribution < -0.4 is 18.9 Å². The number of benzene rings is 2. The number of nitrogens with zero attached hydrogens (tertiary/aromatic N) is 1. The summed E-state index contributed by atoms with van der Waals surface area (Å²) in [5.41, 5.74) is -0.972. The second-order valence-corrected chi connectivity index (χ2v) is 10.6. The third kappa shape index (κ3) is 13.7. The summed E-state index contributed by atoms with van der Waals surface area (Å²) in [6.45, 7) is 6.93. The van der Waals surface area contributed by atoms with E-state index < -0.39 is 5.60 Å². The van der Waals surface area contributed by atoms with Crippen LogP contribution in [0, 0.1) is 0 Å². The number of amides is 1. The molecule has 12 heteroatoms. The van der Waals surface area contributed by atoms with E-state index in [0.29, 0.717) is 109 Å². The van der Waals surface area contributed by atoms with Gasteiger partial charge in [0.15, 0.2) is 23.0 Å². The summed E-state index contributed by atoms with van der Waals surface area (Å²) in [6.07, 6.45) is 1.33. The lowest BCUT2D eigenvalue weighted by Gasteiger charge is -2.34. The number of hydrogen-bond donors (Lipinski definition) is 0. The van der Waals surface area contributed by atoms with Crippen molar-refractivity contribution in [3.05, 3.63) is 48.5 Å².